The van der Waals surface area contributed by atoms with Crippen molar-refractivity contribution >= 4 is 23.4 Å². The van der Waals surface area contributed by atoms with Crippen LogP contribution >= 0.6 is 11.3 Å². The lowest BCUT2D eigenvalue weighted by molar-refractivity contribution is -0.131. The van der Waals surface area contributed by atoms with E-state index in [1.54, 1.807) is 6.07 Å². The van der Waals surface area contributed by atoms with Crippen molar-refractivity contribution in [2.75, 3.05) is 6.54 Å². The number of hydrogen-bond acceptors (Lipinski definition) is 3. The van der Waals surface area contributed by atoms with E-state index in [1.807, 2.05) is 5.38 Å². The van der Waals surface area contributed by atoms with Gasteiger partial charge in [-0.1, -0.05) is 17.0 Å². The van der Waals surface area contributed by atoms with Gasteiger partial charge in [0.05, 0.1) is 6.54 Å². The molecule has 0 fully saturated rings. The topological polar surface area (TPSA) is 86.1 Å². The van der Waals surface area contributed by atoms with Crippen molar-refractivity contribution in [2.45, 2.75) is 0 Å². The minimum Gasteiger partial charge on any atom is -0.478 e. The monoisotopic (exact) mass is 233 g/mol. The summed E-state index contributed by atoms with van der Waals surface area (Å²) in [6.07, 6.45) is 2.58. The lowest BCUT2D eigenvalue weighted by Gasteiger charge is -1.80. The number of nitrogens with zero attached hydrogens (tertiary/aromatic N) is 3. The highest BCUT2D eigenvalue weighted by Crippen LogP contribution is 2.15. The Morgan fingerprint density at radius 1 is 1.75 bits per heavy atom. The van der Waals surface area contributed by atoms with E-state index >= 15 is 0 Å². The number of carboxylic acids is 1. The van der Waals surface area contributed by atoms with Crippen LogP contribution in [-0.4, -0.2) is 17.6 Å². The summed E-state index contributed by atoms with van der Waals surface area (Å²) in [6, 6.07) is 1.77. The molecule has 1 heterocycles. The van der Waals surface area contributed by atoms with Crippen molar-refractivity contribution in [2.24, 2.45) is 5.11 Å². The summed E-state index contributed by atoms with van der Waals surface area (Å²) in [5.74, 6) is 4.50. The highest BCUT2D eigenvalue weighted by atomic mass is 32.1. The summed E-state index contributed by atoms with van der Waals surface area (Å²) < 4.78 is 0. The van der Waals surface area contributed by atoms with E-state index in [0.717, 1.165) is 16.5 Å². The zero-order valence-corrected chi connectivity index (χ0v) is 8.94. The lowest BCUT2D eigenvalue weighted by atomic mass is 10.3. The van der Waals surface area contributed by atoms with Crippen LogP contribution < -0.4 is 0 Å². The average molecular weight is 233 g/mol. The molecule has 1 aromatic heterocycles. The third-order valence-electron chi connectivity index (χ3n) is 1.46. The first-order chi connectivity index (χ1) is 7.72. The maximum atomic E-state index is 10.3. The molecule has 80 valence electrons. The van der Waals surface area contributed by atoms with Crippen LogP contribution in [0.2, 0.25) is 0 Å². The molecule has 5 nitrogen and oxygen atoms in total. The third-order valence-corrected chi connectivity index (χ3v) is 2.35. The first kappa shape index (κ1) is 11.9. The first-order valence-corrected chi connectivity index (χ1v) is 5.09. The molecule has 0 aliphatic heterocycles. The molecule has 0 spiro atoms. The number of azide groups is 1. The number of carbonyl (C=O) groups is 1. The molecule has 0 unspecified atom stereocenters. The molecular weight excluding hydrogens is 226 g/mol. The Bertz CT molecular complexity index is 516. The zero-order valence-electron chi connectivity index (χ0n) is 8.12. The fourth-order valence-electron chi connectivity index (χ4n) is 0.868. The van der Waals surface area contributed by atoms with E-state index in [1.165, 1.54) is 17.4 Å². The first-order valence-electron chi connectivity index (χ1n) is 4.21. The number of thiophene rings is 1. The van der Waals surface area contributed by atoms with E-state index < -0.39 is 5.97 Å². The van der Waals surface area contributed by atoms with Crippen molar-refractivity contribution in [1.82, 2.24) is 0 Å². The molecular formula is C10H7N3O2S. The van der Waals surface area contributed by atoms with Gasteiger partial charge in [0.2, 0.25) is 0 Å². The number of hydrogen-bond donors (Lipinski definition) is 1. The SMILES string of the molecule is [N-]=[N+]=NCC#Cc1csc(/C=C/C(=O)O)c1. The van der Waals surface area contributed by atoms with Gasteiger partial charge in [0.15, 0.2) is 0 Å². The zero-order chi connectivity index (χ0) is 11.8. The average Bonchev–Trinajstić information content (AvgIpc) is 2.70. The van der Waals surface area contributed by atoms with Crippen LogP contribution in [0, 0.1) is 11.8 Å². The van der Waals surface area contributed by atoms with E-state index in [9.17, 15) is 4.79 Å². The highest BCUT2D eigenvalue weighted by molar-refractivity contribution is 7.11. The predicted octanol–water partition coefficient (Wildman–Crippen LogP) is 2.51. The lowest BCUT2D eigenvalue weighted by Crippen LogP contribution is -1.84. The second-order valence-electron chi connectivity index (χ2n) is 2.60. The number of rotatable bonds is 3. The molecule has 0 aliphatic carbocycles. The molecule has 0 atom stereocenters. The van der Waals surface area contributed by atoms with Gasteiger partial charge >= 0.3 is 5.97 Å². The van der Waals surface area contributed by atoms with Crippen LogP contribution in [-0.2, 0) is 4.79 Å². The van der Waals surface area contributed by atoms with Crippen LogP contribution in [0.15, 0.2) is 22.6 Å². The molecule has 0 bridgehead atoms. The molecule has 1 N–H and O–H groups in total. The molecule has 0 saturated carbocycles. The Kier molecular flexibility index (Phi) is 4.67. The largest absolute Gasteiger partial charge is 0.478 e. The summed E-state index contributed by atoms with van der Waals surface area (Å²) >= 11 is 1.40. The summed E-state index contributed by atoms with van der Waals surface area (Å²) in [5.41, 5.74) is 8.80. The maximum absolute atomic E-state index is 10.3. The number of carboxylic acid groups (broad SMARTS) is 1. The van der Waals surface area contributed by atoms with Crippen molar-refractivity contribution < 1.29 is 9.90 Å². The Morgan fingerprint density at radius 3 is 3.25 bits per heavy atom. The summed E-state index contributed by atoms with van der Waals surface area (Å²) in [4.78, 5) is 13.7. The summed E-state index contributed by atoms with van der Waals surface area (Å²) in [7, 11) is 0. The molecule has 1 rings (SSSR count). The second-order valence-corrected chi connectivity index (χ2v) is 3.54. The summed E-state index contributed by atoms with van der Waals surface area (Å²) in [5, 5.41) is 13.5. The Hall–Kier alpha value is -2.22. The predicted molar refractivity (Wildman–Crippen MR) is 61.9 cm³/mol. The molecule has 0 radical (unpaired) electrons. The normalized spacial score (nSPS) is 9.25. The minimum absolute atomic E-state index is 0.132. The maximum Gasteiger partial charge on any atom is 0.328 e. The Labute approximate surface area is 95.7 Å². The van der Waals surface area contributed by atoms with E-state index in [4.69, 9.17) is 10.6 Å². The van der Waals surface area contributed by atoms with Crippen LogP contribution in [0.3, 0.4) is 0 Å². The Balaban J connectivity index is 2.66. The van der Waals surface area contributed by atoms with Gasteiger partial charge in [0.1, 0.15) is 0 Å². The van der Waals surface area contributed by atoms with Gasteiger partial charge in [0.25, 0.3) is 0 Å². The van der Waals surface area contributed by atoms with Gasteiger partial charge in [0, 0.05) is 26.8 Å². The van der Waals surface area contributed by atoms with Gasteiger partial charge < -0.3 is 5.11 Å². The van der Waals surface area contributed by atoms with Crippen LogP contribution in [0.25, 0.3) is 16.5 Å². The fraction of sp³-hybridized carbons (Fsp3) is 0.100. The van der Waals surface area contributed by atoms with Crippen LogP contribution in [0.1, 0.15) is 10.4 Å². The molecule has 0 saturated heterocycles. The standard InChI is InChI=1S/C10H7N3O2S/c11-13-12-5-1-2-8-6-9(16-7-8)3-4-10(14)15/h3-4,6-7H,5H2,(H,14,15)/b4-3+. The molecule has 1 aromatic rings. The van der Waals surface area contributed by atoms with Crippen LogP contribution in [0.5, 0.6) is 0 Å². The molecule has 6 heteroatoms. The summed E-state index contributed by atoms with van der Waals surface area (Å²) in [6.45, 7) is 0.132. The fourth-order valence-corrected chi connectivity index (χ4v) is 1.60. The minimum atomic E-state index is -0.982. The van der Waals surface area contributed by atoms with Gasteiger partial charge in [-0.15, -0.1) is 11.3 Å². The van der Waals surface area contributed by atoms with Gasteiger partial charge in [-0.05, 0) is 17.7 Å². The molecule has 0 amide bonds. The van der Waals surface area contributed by atoms with Crippen molar-refractivity contribution in [3.63, 3.8) is 0 Å². The van der Waals surface area contributed by atoms with Crippen molar-refractivity contribution in [3.8, 4) is 11.8 Å². The van der Waals surface area contributed by atoms with Gasteiger partial charge in [-0.2, -0.15) is 0 Å². The van der Waals surface area contributed by atoms with Gasteiger partial charge in [-0.3, -0.25) is 0 Å². The number of aliphatic carboxylic acids is 1. The quantitative estimate of drug-likeness (QED) is 0.286. The molecule has 16 heavy (non-hydrogen) atoms. The van der Waals surface area contributed by atoms with Crippen LogP contribution in [0.4, 0.5) is 0 Å². The van der Waals surface area contributed by atoms with E-state index in [0.29, 0.717) is 0 Å². The highest BCUT2D eigenvalue weighted by Gasteiger charge is 1.94. The molecule has 0 aliphatic rings. The Morgan fingerprint density at radius 2 is 2.56 bits per heavy atom. The van der Waals surface area contributed by atoms with E-state index in [2.05, 4.69) is 21.9 Å². The van der Waals surface area contributed by atoms with E-state index in [-0.39, 0.29) is 6.54 Å². The second kappa shape index (κ2) is 6.30. The van der Waals surface area contributed by atoms with Gasteiger partial charge in [-0.25, -0.2) is 4.79 Å². The molecule has 0 aromatic carbocycles. The third kappa shape index (κ3) is 4.33. The smallest absolute Gasteiger partial charge is 0.328 e. The van der Waals surface area contributed by atoms with Crippen molar-refractivity contribution in [1.29, 1.82) is 0 Å². The van der Waals surface area contributed by atoms with Crippen molar-refractivity contribution in [3.05, 3.63) is 38.4 Å².